The minimum absolute atomic E-state index is 0.0699. The van der Waals surface area contributed by atoms with Crippen LogP contribution >= 0.6 is 15.9 Å². The van der Waals surface area contributed by atoms with E-state index in [4.69, 9.17) is 9.15 Å². The van der Waals surface area contributed by atoms with Crippen LogP contribution in [-0.2, 0) is 0 Å². The van der Waals surface area contributed by atoms with Gasteiger partial charge in [0.25, 0.3) is 0 Å². The van der Waals surface area contributed by atoms with Crippen molar-refractivity contribution in [3.8, 4) is 5.75 Å². The highest BCUT2D eigenvalue weighted by atomic mass is 79.9. The molecule has 0 fully saturated rings. The zero-order valence-electron chi connectivity index (χ0n) is 9.98. The lowest BCUT2D eigenvalue weighted by atomic mass is 10.2. The van der Waals surface area contributed by atoms with Crippen LogP contribution in [0.4, 0.5) is 0 Å². The molecule has 0 aliphatic carbocycles. The molecule has 0 N–H and O–H groups in total. The third-order valence-electron chi connectivity index (χ3n) is 2.46. The summed E-state index contributed by atoms with van der Waals surface area (Å²) in [5.41, 5.74) is 1.13. The van der Waals surface area contributed by atoms with Crippen molar-refractivity contribution in [2.24, 2.45) is 0 Å². The number of rotatable bonds is 5. The fourth-order valence-corrected chi connectivity index (χ4v) is 2.00. The average Bonchev–Trinajstić information content (AvgIpc) is 2.75. The van der Waals surface area contributed by atoms with Gasteiger partial charge in [0.05, 0.1) is 17.3 Å². The standard InChI is InChI=1S/C14H13BrO3/c1-10-3-2-4-11(9-10)17-8-6-13(16)14-12(15)5-7-18-14/h2-5,7,9H,6,8H2,1H3. The number of furan rings is 1. The molecule has 4 heteroatoms. The monoisotopic (exact) mass is 308 g/mol. The maximum absolute atomic E-state index is 11.8. The van der Waals surface area contributed by atoms with E-state index in [1.807, 2.05) is 31.2 Å². The molecule has 0 atom stereocenters. The summed E-state index contributed by atoms with van der Waals surface area (Å²) in [6, 6.07) is 9.44. The third kappa shape index (κ3) is 3.23. The third-order valence-corrected chi connectivity index (χ3v) is 3.08. The van der Waals surface area contributed by atoms with Crippen LogP contribution in [0.5, 0.6) is 5.75 Å². The van der Waals surface area contributed by atoms with E-state index in [9.17, 15) is 4.79 Å². The minimum Gasteiger partial charge on any atom is -0.493 e. The molecule has 0 spiro atoms. The van der Waals surface area contributed by atoms with Crippen LogP contribution in [0.25, 0.3) is 0 Å². The Balaban J connectivity index is 1.86. The molecule has 0 saturated carbocycles. The highest BCUT2D eigenvalue weighted by Gasteiger charge is 2.13. The molecule has 1 heterocycles. The van der Waals surface area contributed by atoms with Gasteiger partial charge in [-0.3, -0.25) is 4.79 Å². The number of hydrogen-bond donors (Lipinski definition) is 0. The molecule has 0 unspecified atom stereocenters. The van der Waals surface area contributed by atoms with Gasteiger partial charge in [0.15, 0.2) is 5.76 Å². The molecule has 0 aliphatic heterocycles. The lowest BCUT2D eigenvalue weighted by molar-refractivity contribution is 0.0934. The maximum atomic E-state index is 11.8. The van der Waals surface area contributed by atoms with Crippen LogP contribution in [0.1, 0.15) is 22.5 Å². The summed E-state index contributed by atoms with van der Waals surface area (Å²) in [4.78, 5) is 11.8. The van der Waals surface area contributed by atoms with Crippen LogP contribution in [-0.4, -0.2) is 12.4 Å². The summed E-state index contributed by atoms with van der Waals surface area (Å²) in [5.74, 6) is 1.06. The quantitative estimate of drug-likeness (QED) is 0.784. The highest BCUT2D eigenvalue weighted by Crippen LogP contribution is 2.19. The average molecular weight is 309 g/mol. The van der Waals surface area contributed by atoms with Crippen LogP contribution in [0.15, 0.2) is 45.5 Å². The van der Waals surface area contributed by atoms with Crippen molar-refractivity contribution < 1.29 is 13.9 Å². The van der Waals surface area contributed by atoms with Crippen molar-refractivity contribution in [1.29, 1.82) is 0 Å². The highest BCUT2D eigenvalue weighted by molar-refractivity contribution is 9.10. The first kappa shape index (κ1) is 12.9. The van der Waals surface area contributed by atoms with Gasteiger partial charge in [-0.1, -0.05) is 12.1 Å². The predicted octanol–water partition coefficient (Wildman–Crippen LogP) is 4.00. The molecule has 2 rings (SSSR count). The second kappa shape index (κ2) is 5.87. The zero-order chi connectivity index (χ0) is 13.0. The smallest absolute Gasteiger partial charge is 0.202 e. The molecule has 94 valence electrons. The van der Waals surface area contributed by atoms with Gasteiger partial charge in [0, 0.05) is 6.42 Å². The lowest BCUT2D eigenvalue weighted by Gasteiger charge is -2.05. The summed E-state index contributed by atoms with van der Waals surface area (Å²) in [7, 11) is 0. The van der Waals surface area contributed by atoms with Gasteiger partial charge in [-0.15, -0.1) is 0 Å². The first-order chi connectivity index (χ1) is 8.66. The van der Waals surface area contributed by atoms with Crippen molar-refractivity contribution >= 4 is 21.7 Å². The number of carbonyl (C=O) groups is 1. The number of benzene rings is 1. The molecule has 0 aliphatic rings. The number of aryl methyl sites for hydroxylation is 1. The van der Waals surface area contributed by atoms with E-state index >= 15 is 0 Å². The van der Waals surface area contributed by atoms with Gasteiger partial charge in [-0.05, 0) is 46.6 Å². The summed E-state index contributed by atoms with van der Waals surface area (Å²) in [6.45, 7) is 2.34. The van der Waals surface area contributed by atoms with Crippen molar-refractivity contribution in [1.82, 2.24) is 0 Å². The Hall–Kier alpha value is -1.55. The first-order valence-electron chi connectivity index (χ1n) is 5.62. The first-order valence-corrected chi connectivity index (χ1v) is 6.42. The fourth-order valence-electron chi connectivity index (χ4n) is 1.57. The molecule has 1 aromatic carbocycles. The maximum Gasteiger partial charge on any atom is 0.202 e. The Kier molecular flexibility index (Phi) is 4.20. The van der Waals surface area contributed by atoms with E-state index in [1.54, 1.807) is 6.07 Å². The molecule has 18 heavy (non-hydrogen) atoms. The Morgan fingerprint density at radius 3 is 2.89 bits per heavy atom. The van der Waals surface area contributed by atoms with Crippen molar-refractivity contribution in [3.05, 3.63) is 52.4 Å². The molecule has 1 aromatic heterocycles. The van der Waals surface area contributed by atoms with E-state index in [0.29, 0.717) is 23.3 Å². The van der Waals surface area contributed by atoms with E-state index in [2.05, 4.69) is 15.9 Å². The molecule has 2 aromatic rings. The number of ketones is 1. The van der Waals surface area contributed by atoms with Crippen LogP contribution in [0.2, 0.25) is 0 Å². The van der Waals surface area contributed by atoms with Gasteiger partial charge < -0.3 is 9.15 Å². The SMILES string of the molecule is Cc1cccc(OCCC(=O)c2occc2Br)c1. The summed E-state index contributed by atoms with van der Waals surface area (Å²) < 4.78 is 11.3. The number of ether oxygens (including phenoxy) is 1. The van der Waals surface area contributed by atoms with Gasteiger partial charge in [0.2, 0.25) is 5.78 Å². The van der Waals surface area contributed by atoms with E-state index < -0.39 is 0 Å². The van der Waals surface area contributed by atoms with E-state index in [-0.39, 0.29) is 5.78 Å². The van der Waals surface area contributed by atoms with E-state index in [1.165, 1.54) is 6.26 Å². The Morgan fingerprint density at radius 1 is 1.39 bits per heavy atom. The molecule has 3 nitrogen and oxygen atoms in total. The molecule has 0 radical (unpaired) electrons. The predicted molar refractivity (Wildman–Crippen MR) is 72.0 cm³/mol. The lowest BCUT2D eigenvalue weighted by Crippen LogP contribution is -2.06. The van der Waals surface area contributed by atoms with Crippen LogP contribution in [0.3, 0.4) is 0 Å². The second-order valence-corrected chi connectivity index (χ2v) is 4.79. The molecule has 0 amide bonds. The van der Waals surface area contributed by atoms with Crippen LogP contribution in [0, 0.1) is 6.92 Å². The normalized spacial score (nSPS) is 10.3. The summed E-state index contributed by atoms with van der Waals surface area (Å²) >= 11 is 3.26. The fraction of sp³-hybridized carbons (Fsp3) is 0.214. The Labute approximate surface area is 114 Å². The molecule has 0 bridgehead atoms. The Bertz CT molecular complexity index is 545. The number of hydrogen-bond acceptors (Lipinski definition) is 3. The van der Waals surface area contributed by atoms with Gasteiger partial charge in [0.1, 0.15) is 5.75 Å². The second-order valence-electron chi connectivity index (χ2n) is 3.94. The number of carbonyl (C=O) groups excluding carboxylic acids is 1. The molecule has 0 saturated heterocycles. The minimum atomic E-state index is -0.0699. The van der Waals surface area contributed by atoms with E-state index in [0.717, 1.165) is 11.3 Å². The largest absolute Gasteiger partial charge is 0.493 e. The van der Waals surface area contributed by atoms with Crippen molar-refractivity contribution in [3.63, 3.8) is 0 Å². The number of Topliss-reactive ketones (excluding diaryl/α,β-unsaturated/α-hetero) is 1. The molecular formula is C14H13BrO3. The number of halogens is 1. The Morgan fingerprint density at radius 2 is 2.22 bits per heavy atom. The van der Waals surface area contributed by atoms with Crippen molar-refractivity contribution in [2.75, 3.05) is 6.61 Å². The van der Waals surface area contributed by atoms with Crippen LogP contribution < -0.4 is 4.74 Å². The van der Waals surface area contributed by atoms with Gasteiger partial charge in [-0.2, -0.15) is 0 Å². The topological polar surface area (TPSA) is 39.4 Å². The zero-order valence-corrected chi connectivity index (χ0v) is 11.6. The van der Waals surface area contributed by atoms with Gasteiger partial charge >= 0.3 is 0 Å². The van der Waals surface area contributed by atoms with Gasteiger partial charge in [-0.25, -0.2) is 0 Å². The summed E-state index contributed by atoms with van der Waals surface area (Å²) in [6.07, 6.45) is 1.78. The van der Waals surface area contributed by atoms with Crippen molar-refractivity contribution in [2.45, 2.75) is 13.3 Å². The summed E-state index contributed by atoms with van der Waals surface area (Å²) in [5, 5.41) is 0. The molecular weight excluding hydrogens is 296 g/mol.